The number of carboxylic acid groups (broad SMARTS) is 1. The third-order valence-corrected chi connectivity index (χ3v) is 4.02. The van der Waals surface area contributed by atoms with Gasteiger partial charge in [-0.15, -0.1) is 0 Å². The second-order valence-electron chi connectivity index (χ2n) is 4.78. The van der Waals surface area contributed by atoms with Gasteiger partial charge in [-0.05, 0) is 42.9 Å². The fourth-order valence-corrected chi connectivity index (χ4v) is 2.47. The van der Waals surface area contributed by atoms with Crippen LogP contribution in [0.25, 0.3) is 6.08 Å². The van der Waals surface area contributed by atoms with E-state index in [2.05, 4.69) is 12.2 Å². The molecule has 1 aromatic rings. The summed E-state index contributed by atoms with van der Waals surface area (Å²) in [7, 11) is 0. The third kappa shape index (κ3) is 6.04. The third-order valence-electron chi connectivity index (χ3n) is 2.87. The number of carboxylic acids is 1. The normalized spacial score (nSPS) is 12.3. The minimum Gasteiger partial charge on any atom is -0.478 e. The van der Waals surface area contributed by atoms with Crippen LogP contribution in [0.2, 0.25) is 0 Å². The maximum absolute atomic E-state index is 12.3. The predicted molar refractivity (Wildman–Crippen MR) is 87.8 cm³/mol. The molecule has 114 valence electrons. The van der Waals surface area contributed by atoms with E-state index in [1.54, 1.807) is 23.9 Å². The molecule has 0 aliphatic carbocycles. The summed E-state index contributed by atoms with van der Waals surface area (Å²) in [5.41, 5.74) is 2.15. The van der Waals surface area contributed by atoms with Crippen LogP contribution in [-0.4, -0.2) is 34.5 Å². The van der Waals surface area contributed by atoms with Gasteiger partial charge in [0, 0.05) is 23.4 Å². The van der Waals surface area contributed by atoms with Gasteiger partial charge in [0.2, 0.25) is 0 Å². The molecule has 4 nitrogen and oxygen atoms in total. The first-order chi connectivity index (χ1) is 9.93. The maximum atomic E-state index is 12.3. The van der Waals surface area contributed by atoms with Gasteiger partial charge in [0.1, 0.15) is 0 Å². The van der Waals surface area contributed by atoms with Gasteiger partial charge < -0.3 is 10.4 Å². The molecule has 0 spiro atoms. The lowest BCUT2D eigenvalue weighted by Gasteiger charge is -2.14. The first-order valence-corrected chi connectivity index (χ1v) is 7.99. The van der Waals surface area contributed by atoms with E-state index in [-0.39, 0.29) is 11.9 Å². The molecule has 21 heavy (non-hydrogen) atoms. The highest BCUT2D eigenvalue weighted by Crippen LogP contribution is 2.13. The predicted octanol–water partition coefficient (Wildman–Crippen LogP) is 2.96. The summed E-state index contributed by atoms with van der Waals surface area (Å²) >= 11 is 1.78. The van der Waals surface area contributed by atoms with Gasteiger partial charge in [0.25, 0.3) is 5.91 Å². The van der Waals surface area contributed by atoms with E-state index in [0.29, 0.717) is 11.1 Å². The molecule has 0 aromatic heterocycles. The van der Waals surface area contributed by atoms with Crippen molar-refractivity contribution in [2.75, 3.05) is 11.5 Å². The summed E-state index contributed by atoms with van der Waals surface area (Å²) in [6.07, 6.45) is 2.54. The zero-order valence-corrected chi connectivity index (χ0v) is 13.4. The molecule has 0 aliphatic heterocycles. The fourth-order valence-electron chi connectivity index (χ4n) is 1.79. The van der Waals surface area contributed by atoms with Gasteiger partial charge in [-0.2, -0.15) is 11.8 Å². The number of amides is 1. The van der Waals surface area contributed by atoms with Gasteiger partial charge >= 0.3 is 5.97 Å². The highest BCUT2D eigenvalue weighted by Gasteiger charge is 2.12. The van der Waals surface area contributed by atoms with Crippen molar-refractivity contribution in [1.29, 1.82) is 0 Å². The Hall–Kier alpha value is -1.75. The molecular formula is C16H21NO3S. The maximum Gasteiger partial charge on any atom is 0.328 e. The van der Waals surface area contributed by atoms with Crippen molar-refractivity contribution < 1.29 is 14.7 Å². The van der Waals surface area contributed by atoms with Crippen LogP contribution in [0.1, 0.15) is 35.3 Å². The molecule has 0 saturated carbocycles. The van der Waals surface area contributed by atoms with Crippen LogP contribution in [0.15, 0.2) is 24.3 Å². The zero-order valence-electron chi connectivity index (χ0n) is 12.6. The number of carbonyl (C=O) groups is 2. The molecule has 2 N–H and O–H groups in total. The number of benzene rings is 1. The van der Waals surface area contributed by atoms with E-state index in [9.17, 15) is 9.59 Å². The summed E-state index contributed by atoms with van der Waals surface area (Å²) < 4.78 is 0. The quantitative estimate of drug-likeness (QED) is 0.760. The van der Waals surface area contributed by atoms with E-state index >= 15 is 0 Å². The van der Waals surface area contributed by atoms with Crippen molar-refractivity contribution >= 4 is 29.7 Å². The second-order valence-corrected chi connectivity index (χ2v) is 6.10. The number of aliphatic carboxylic acids is 1. The van der Waals surface area contributed by atoms with Crippen molar-refractivity contribution in [2.45, 2.75) is 26.8 Å². The Morgan fingerprint density at radius 1 is 1.43 bits per heavy atom. The molecule has 0 fully saturated rings. The van der Waals surface area contributed by atoms with Crippen molar-refractivity contribution in [1.82, 2.24) is 5.32 Å². The topological polar surface area (TPSA) is 66.4 Å². The summed E-state index contributed by atoms with van der Waals surface area (Å²) in [5.74, 6) is 0.767. The van der Waals surface area contributed by atoms with Crippen LogP contribution in [0.4, 0.5) is 0 Å². The Bertz CT molecular complexity index is 540. The van der Waals surface area contributed by atoms with Crippen molar-refractivity contribution in [3.05, 3.63) is 41.0 Å². The summed E-state index contributed by atoms with van der Waals surface area (Å²) in [5, 5.41) is 11.6. The monoisotopic (exact) mass is 307 g/mol. The number of hydrogen-bond donors (Lipinski definition) is 2. The van der Waals surface area contributed by atoms with E-state index in [1.165, 1.54) is 6.08 Å². The fraction of sp³-hybridized carbons (Fsp3) is 0.375. The van der Waals surface area contributed by atoms with Gasteiger partial charge in [-0.25, -0.2) is 4.79 Å². The number of hydrogen-bond acceptors (Lipinski definition) is 3. The van der Waals surface area contributed by atoms with Crippen LogP contribution in [0, 0.1) is 6.92 Å². The van der Waals surface area contributed by atoms with Gasteiger partial charge in [-0.1, -0.05) is 19.1 Å². The van der Waals surface area contributed by atoms with Crippen molar-refractivity contribution in [2.24, 2.45) is 0 Å². The molecule has 5 heteroatoms. The molecule has 1 amide bonds. The Morgan fingerprint density at radius 3 is 2.76 bits per heavy atom. The second kappa shape index (κ2) is 8.52. The Labute approximate surface area is 129 Å². The molecular weight excluding hydrogens is 286 g/mol. The molecule has 1 atom stereocenters. The lowest BCUT2D eigenvalue weighted by Crippen LogP contribution is -2.34. The molecule has 0 saturated heterocycles. The van der Waals surface area contributed by atoms with Crippen molar-refractivity contribution in [3.63, 3.8) is 0 Å². The standard InChI is InChI=1S/C16H21NO3S/c1-4-21-10-12(3)17-16(20)14-9-13(6-5-11(14)2)7-8-15(18)19/h5-9,12H,4,10H2,1-3H3,(H,17,20)(H,18,19)/b8-7+. The SMILES string of the molecule is CCSCC(C)NC(=O)c1cc(/C=C/C(=O)O)ccc1C. The number of thioether (sulfide) groups is 1. The highest BCUT2D eigenvalue weighted by atomic mass is 32.2. The number of aryl methyl sites for hydroxylation is 1. The van der Waals surface area contributed by atoms with Crippen LogP contribution in [-0.2, 0) is 4.79 Å². The van der Waals surface area contributed by atoms with E-state index in [4.69, 9.17) is 5.11 Å². The number of carbonyl (C=O) groups excluding carboxylic acids is 1. The molecule has 0 radical (unpaired) electrons. The average Bonchev–Trinajstić information content (AvgIpc) is 2.43. The zero-order chi connectivity index (χ0) is 15.8. The molecule has 0 heterocycles. The lowest BCUT2D eigenvalue weighted by atomic mass is 10.0. The lowest BCUT2D eigenvalue weighted by molar-refractivity contribution is -0.131. The van der Waals surface area contributed by atoms with Crippen molar-refractivity contribution in [3.8, 4) is 0 Å². The largest absolute Gasteiger partial charge is 0.478 e. The Kier molecular flexibility index (Phi) is 7.02. The number of rotatable bonds is 7. The van der Waals surface area contributed by atoms with Gasteiger partial charge in [0.15, 0.2) is 0 Å². The summed E-state index contributed by atoms with van der Waals surface area (Å²) in [6.45, 7) is 5.93. The van der Waals surface area contributed by atoms with Gasteiger partial charge in [-0.3, -0.25) is 4.79 Å². The smallest absolute Gasteiger partial charge is 0.328 e. The Balaban J connectivity index is 2.83. The minimum absolute atomic E-state index is 0.0973. The molecule has 1 unspecified atom stereocenters. The molecule has 0 bridgehead atoms. The molecule has 0 aliphatic rings. The van der Waals surface area contributed by atoms with E-state index in [1.807, 2.05) is 19.9 Å². The van der Waals surface area contributed by atoms with Crippen LogP contribution in [0.3, 0.4) is 0 Å². The summed E-state index contributed by atoms with van der Waals surface area (Å²) in [4.78, 5) is 22.8. The van der Waals surface area contributed by atoms with Gasteiger partial charge in [0.05, 0.1) is 0 Å². The van der Waals surface area contributed by atoms with Crippen LogP contribution >= 0.6 is 11.8 Å². The molecule has 1 aromatic carbocycles. The van der Waals surface area contributed by atoms with Crippen LogP contribution < -0.4 is 5.32 Å². The number of nitrogens with one attached hydrogen (secondary N) is 1. The first kappa shape index (κ1) is 17.3. The van der Waals surface area contributed by atoms with E-state index < -0.39 is 5.97 Å². The van der Waals surface area contributed by atoms with E-state index in [0.717, 1.165) is 23.1 Å². The molecule has 1 rings (SSSR count). The Morgan fingerprint density at radius 2 is 2.14 bits per heavy atom. The minimum atomic E-state index is -1.01. The highest BCUT2D eigenvalue weighted by molar-refractivity contribution is 7.99. The average molecular weight is 307 g/mol. The van der Waals surface area contributed by atoms with Crippen LogP contribution in [0.5, 0.6) is 0 Å². The first-order valence-electron chi connectivity index (χ1n) is 6.84. The summed E-state index contributed by atoms with van der Waals surface area (Å²) in [6, 6.07) is 5.42.